The van der Waals surface area contributed by atoms with Crippen molar-refractivity contribution in [1.82, 2.24) is 4.90 Å². The summed E-state index contributed by atoms with van der Waals surface area (Å²) in [6.45, 7) is 3.86. The maximum Gasteiger partial charge on any atom is 0.117 e. The summed E-state index contributed by atoms with van der Waals surface area (Å²) in [4.78, 5) is 8.18. The van der Waals surface area contributed by atoms with Gasteiger partial charge in [-0.2, -0.15) is 0 Å². The summed E-state index contributed by atoms with van der Waals surface area (Å²) in [5.74, 6) is 0.997. The lowest BCUT2D eigenvalue weighted by atomic mass is 9.81. The van der Waals surface area contributed by atoms with E-state index in [0.717, 1.165) is 37.5 Å². The zero-order valence-electron chi connectivity index (χ0n) is 15.0. The normalized spacial score (nSPS) is 26.2. The van der Waals surface area contributed by atoms with Crippen LogP contribution in [0.5, 0.6) is 0 Å². The number of nitrogens with zero attached hydrogens (tertiary/aromatic N) is 2. The lowest BCUT2D eigenvalue weighted by Gasteiger charge is -2.30. The lowest BCUT2D eigenvalue weighted by molar-refractivity contribution is 0.140. The Morgan fingerprint density at radius 3 is 2.65 bits per heavy atom. The highest BCUT2D eigenvalue weighted by Gasteiger charge is 2.40. The Balaban J connectivity index is 1.34. The van der Waals surface area contributed by atoms with Crippen molar-refractivity contribution in [1.29, 1.82) is 0 Å². The van der Waals surface area contributed by atoms with Crippen molar-refractivity contribution in [2.45, 2.75) is 25.2 Å². The van der Waals surface area contributed by atoms with Crippen LogP contribution in [0, 0.1) is 5.92 Å². The van der Waals surface area contributed by atoms with Gasteiger partial charge in [-0.05, 0) is 55.0 Å². The average Bonchev–Trinajstić information content (AvgIpc) is 2.99. The fraction of sp³-hybridized carbons (Fsp3) is 0.409. The fourth-order valence-electron chi connectivity index (χ4n) is 4.17. The Hall–Kier alpha value is -1.84. The molecule has 4 heteroatoms. The highest BCUT2D eigenvalue weighted by atomic mass is 35.5. The predicted octanol–water partition coefficient (Wildman–Crippen LogP) is 4.76. The summed E-state index contributed by atoms with van der Waals surface area (Å²) < 4.78 is 0. The second kappa shape index (κ2) is 8.24. The van der Waals surface area contributed by atoms with Crippen LogP contribution in [0.3, 0.4) is 0 Å². The first-order valence-corrected chi connectivity index (χ1v) is 9.88. The van der Waals surface area contributed by atoms with Gasteiger partial charge in [0.1, 0.15) is 6.61 Å². The van der Waals surface area contributed by atoms with Crippen LogP contribution in [0.25, 0.3) is 0 Å². The Kier molecular flexibility index (Phi) is 5.57. The zero-order chi connectivity index (χ0) is 17.8. The number of hydrogen-bond donors (Lipinski definition) is 0. The van der Waals surface area contributed by atoms with Crippen molar-refractivity contribution >= 4 is 17.3 Å². The Morgan fingerprint density at radius 2 is 1.85 bits per heavy atom. The molecule has 0 aliphatic carbocycles. The van der Waals surface area contributed by atoms with Crippen LogP contribution < -0.4 is 0 Å². The minimum atomic E-state index is 0.471. The van der Waals surface area contributed by atoms with E-state index in [1.165, 1.54) is 23.3 Å². The van der Waals surface area contributed by atoms with E-state index in [1.54, 1.807) is 0 Å². The molecule has 2 saturated heterocycles. The Morgan fingerprint density at radius 1 is 1.04 bits per heavy atom. The molecule has 2 aromatic rings. The second-order valence-corrected chi connectivity index (χ2v) is 7.73. The molecule has 136 valence electrons. The number of rotatable bonds is 6. The molecule has 1 unspecified atom stereocenters. The molecule has 3 nitrogen and oxygen atoms in total. The molecule has 0 aromatic heterocycles. The van der Waals surface area contributed by atoms with Crippen LogP contribution in [-0.4, -0.2) is 36.9 Å². The summed E-state index contributed by atoms with van der Waals surface area (Å²) in [7, 11) is 0. The summed E-state index contributed by atoms with van der Waals surface area (Å²) in [5.41, 5.74) is 3.94. The van der Waals surface area contributed by atoms with E-state index in [1.807, 2.05) is 12.1 Å². The third-order valence-electron chi connectivity index (χ3n) is 5.53. The van der Waals surface area contributed by atoms with Gasteiger partial charge in [-0.15, -0.1) is 0 Å². The summed E-state index contributed by atoms with van der Waals surface area (Å²) in [6.07, 6.45) is 3.21. The minimum Gasteiger partial charge on any atom is -0.396 e. The molecule has 4 rings (SSSR count). The number of oxime groups is 1. The maximum atomic E-state index is 6.05. The van der Waals surface area contributed by atoms with Crippen LogP contribution in [0.4, 0.5) is 0 Å². The number of aryl methyl sites for hydroxylation is 1. The standard InChI is InChI=1S/C22H25ClN2O/c23-19-10-8-18(9-11-19)20-12-13-25-15-21(20)22(16-25)24-26-14-4-7-17-5-2-1-3-6-17/h1-3,5-6,8-11,20-21H,4,7,12-16H2/b24-22+/t20-,21+/m0/s1. The van der Waals surface area contributed by atoms with Crippen LogP contribution in [0.2, 0.25) is 5.02 Å². The number of piperidine rings is 1. The van der Waals surface area contributed by atoms with Gasteiger partial charge >= 0.3 is 0 Å². The quantitative estimate of drug-likeness (QED) is 0.542. The van der Waals surface area contributed by atoms with Gasteiger partial charge in [-0.1, -0.05) is 59.2 Å². The fourth-order valence-corrected chi connectivity index (χ4v) is 4.29. The number of benzene rings is 2. The minimum absolute atomic E-state index is 0.471. The van der Waals surface area contributed by atoms with Crippen molar-refractivity contribution < 1.29 is 4.84 Å². The largest absolute Gasteiger partial charge is 0.396 e. The summed E-state index contributed by atoms with van der Waals surface area (Å²) in [5, 5.41) is 5.34. The molecule has 2 aromatic carbocycles. The Bertz CT molecular complexity index is 744. The van der Waals surface area contributed by atoms with Crippen molar-refractivity contribution in [2.75, 3.05) is 26.2 Å². The van der Waals surface area contributed by atoms with E-state index in [0.29, 0.717) is 18.4 Å². The van der Waals surface area contributed by atoms with E-state index in [9.17, 15) is 0 Å². The first kappa shape index (κ1) is 17.6. The van der Waals surface area contributed by atoms with E-state index in [-0.39, 0.29) is 0 Å². The van der Waals surface area contributed by atoms with Crippen molar-refractivity contribution in [2.24, 2.45) is 11.1 Å². The molecule has 0 spiro atoms. The van der Waals surface area contributed by atoms with Crippen molar-refractivity contribution in [3.63, 3.8) is 0 Å². The second-order valence-electron chi connectivity index (χ2n) is 7.29. The first-order valence-electron chi connectivity index (χ1n) is 9.50. The molecule has 2 aliphatic rings. The molecular weight excluding hydrogens is 344 g/mol. The zero-order valence-corrected chi connectivity index (χ0v) is 15.7. The van der Waals surface area contributed by atoms with Gasteiger partial charge in [-0.25, -0.2) is 0 Å². The van der Waals surface area contributed by atoms with E-state index in [4.69, 9.17) is 16.4 Å². The van der Waals surface area contributed by atoms with E-state index >= 15 is 0 Å². The average molecular weight is 369 g/mol. The van der Waals surface area contributed by atoms with Crippen LogP contribution in [0.15, 0.2) is 59.8 Å². The predicted molar refractivity (Wildman–Crippen MR) is 107 cm³/mol. The molecule has 3 atom stereocenters. The van der Waals surface area contributed by atoms with E-state index < -0.39 is 0 Å². The van der Waals surface area contributed by atoms with Crippen molar-refractivity contribution in [3.8, 4) is 0 Å². The maximum absolute atomic E-state index is 6.05. The topological polar surface area (TPSA) is 24.8 Å². The SMILES string of the molecule is Clc1ccc([C@@H]2CCN3C/C(=N\OCCCc4ccccc4)[C@@H]2C3)cc1. The number of fused-ring (bicyclic) bond motifs is 2. The Labute approximate surface area is 160 Å². The monoisotopic (exact) mass is 368 g/mol. The summed E-state index contributed by atoms with van der Waals surface area (Å²) in [6, 6.07) is 18.9. The highest BCUT2D eigenvalue weighted by molar-refractivity contribution is 6.30. The number of halogens is 1. The molecule has 0 saturated carbocycles. The molecule has 0 N–H and O–H groups in total. The lowest BCUT2D eigenvalue weighted by Crippen LogP contribution is -2.31. The van der Waals surface area contributed by atoms with E-state index in [2.05, 4.69) is 52.5 Å². The van der Waals surface area contributed by atoms with Gasteiger partial charge in [0.2, 0.25) is 0 Å². The van der Waals surface area contributed by atoms with Gasteiger partial charge < -0.3 is 4.84 Å². The van der Waals surface area contributed by atoms with Crippen LogP contribution in [0.1, 0.15) is 29.9 Å². The van der Waals surface area contributed by atoms with Gasteiger partial charge in [0.25, 0.3) is 0 Å². The number of hydrogen-bond acceptors (Lipinski definition) is 3. The third kappa shape index (κ3) is 4.11. The summed E-state index contributed by atoms with van der Waals surface area (Å²) >= 11 is 6.05. The highest BCUT2D eigenvalue weighted by Crippen LogP contribution is 2.38. The van der Waals surface area contributed by atoms with Crippen LogP contribution >= 0.6 is 11.6 Å². The third-order valence-corrected chi connectivity index (χ3v) is 5.79. The molecular formula is C22H25ClN2O. The molecule has 2 fully saturated rings. The van der Waals surface area contributed by atoms with Crippen molar-refractivity contribution in [3.05, 3.63) is 70.7 Å². The molecule has 2 heterocycles. The van der Waals surface area contributed by atoms with Gasteiger partial charge in [0, 0.05) is 24.0 Å². The van der Waals surface area contributed by atoms with Gasteiger partial charge in [0.15, 0.2) is 0 Å². The molecule has 2 bridgehead atoms. The molecule has 0 radical (unpaired) electrons. The van der Waals surface area contributed by atoms with Gasteiger partial charge in [0.05, 0.1) is 5.71 Å². The smallest absolute Gasteiger partial charge is 0.117 e. The molecule has 0 amide bonds. The van der Waals surface area contributed by atoms with Crippen LogP contribution in [-0.2, 0) is 11.3 Å². The molecule has 26 heavy (non-hydrogen) atoms. The first-order chi connectivity index (χ1) is 12.8. The molecule has 2 aliphatic heterocycles. The van der Waals surface area contributed by atoms with Gasteiger partial charge in [-0.3, -0.25) is 4.90 Å².